The van der Waals surface area contributed by atoms with E-state index in [2.05, 4.69) is 10.00 Å². The smallest absolute Gasteiger partial charge is 0.274 e. The molecule has 2 saturated heterocycles. The molecule has 3 heterocycles. The van der Waals surface area contributed by atoms with Crippen molar-refractivity contribution < 1.29 is 14.3 Å². The molecule has 1 unspecified atom stereocenters. The number of aromatic nitrogens is 2. The van der Waals surface area contributed by atoms with Crippen LogP contribution in [0.2, 0.25) is 0 Å². The SMILES string of the molecule is Cc1cc(C(=O)N(C)CC2CCN(CC3CN(C)C(=O)CO3)CC2)nn1C. The van der Waals surface area contributed by atoms with Crippen LogP contribution >= 0.6 is 0 Å². The van der Waals surface area contributed by atoms with Gasteiger partial charge in [0.1, 0.15) is 6.61 Å². The van der Waals surface area contributed by atoms with Crippen molar-refractivity contribution in [3.05, 3.63) is 17.5 Å². The summed E-state index contributed by atoms with van der Waals surface area (Å²) in [6, 6.07) is 1.84. The van der Waals surface area contributed by atoms with Crippen molar-refractivity contribution in [2.24, 2.45) is 13.0 Å². The molecule has 150 valence electrons. The van der Waals surface area contributed by atoms with Gasteiger partial charge in [0.25, 0.3) is 5.91 Å². The lowest BCUT2D eigenvalue weighted by Crippen LogP contribution is -2.50. The van der Waals surface area contributed by atoms with Crippen molar-refractivity contribution in [2.75, 3.05) is 53.4 Å². The Hall–Kier alpha value is -1.93. The maximum absolute atomic E-state index is 12.6. The fourth-order valence-corrected chi connectivity index (χ4v) is 3.84. The van der Waals surface area contributed by atoms with E-state index >= 15 is 0 Å². The van der Waals surface area contributed by atoms with Gasteiger partial charge in [-0.25, -0.2) is 0 Å². The Morgan fingerprint density at radius 3 is 2.63 bits per heavy atom. The minimum Gasteiger partial charge on any atom is -0.365 e. The van der Waals surface area contributed by atoms with Gasteiger partial charge in [-0.1, -0.05) is 0 Å². The molecule has 8 heteroatoms. The number of likely N-dealkylation sites (tertiary alicyclic amines) is 1. The van der Waals surface area contributed by atoms with E-state index in [4.69, 9.17) is 4.74 Å². The van der Waals surface area contributed by atoms with Crippen molar-refractivity contribution in [3.8, 4) is 0 Å². The lowest BCUT2D eigenvalue weighted by molar-refractivity contribution is -0.148. The zero-order chi connectivity index (χ0) is 19.6. The maximum Gasteiger partial charge on any atom is 0.274 e. The Morgan fingerprint density at radius 1 is 1.33 bits per heavy atom. The van der Waals surface area contributed by atoms with Crippen molar-refractivity contribution in [2.45, 2.75) is 25.9 Å². The van der Waals surface area contributed by atoms with Gasteiger partial charge >= 0.3 is 0 Å². The number of ether oxygens (including phenoxy) is 1. The first-order chi connectivity index (χ1) is 12.8. The van der Waals surface area contributed by atoms with E-state index in [1.165, 1.54) is 0 Å². The standard InChI is InChI=1S/C19H31N5O3/c1-14-9-17(20-23(14)4)19(26)22(3)10-15-5-7-24(8-6-15)12-16-11-21(2)18(25)13-27-16/h9,15-16H,5-8,10-13H2,1-4H3. The summed E-state index contributed by atoms with van der Waals surface area (Å²) in [4.78, 5) is 30.0. The van der Waals surface area contributed by atoms with Crippen molar-refractivity contribution in [1.29, 1.82) is 0 Å². The number of amides is 2. The van der Waals surface area contributed by atoms with Gasteiger partial charge in [-0.2, -0.15) is 5.10 Å². The molecule has 0 saturated carbocycles. The third kappa shape index (κ3) is 4.87. The molecule has 0 aromatic carbocycles. The molecule has 0 aliphatic carbocycles. The Balaban J connectivity index is 1.42. The quantitative estimate of drug-likeness (QED) is 0.741. The van der Waals surface area contributed by atoms with Gasteiger partial charge in [0.05, 0.1) is 6.10 Å². The Labute approximate surface area is 161 Å². The van der Waals surface area contributed by atoms with Crippen LogP contribution in [0.25, 0.3) is 0 Å². The highest BCUT2D eigenvalue weighted by Crippen LogP contribution is 2.20. The second-order valence-electron chi connectivity index (χ2n) is 7.93. The van der Waals surface area contributed by atoms with Crippen molar-refractivity contribution >= 4 is 11.8 Å². The molecule has 2 fully saturated rings. The molecule has 1 atom stereocenters. The van der Waals surface area contributed by atoms with Crippen LogP contribution in [0.5, 0.6) is 0 Å². The molecular weight excluding hydrogens is 346 g/mol. The Bertz CT molecular complexity index is 661. The average molecular weight is 377 g/mol. The van der Waals surface area contributed by atoms with Gasteiger partial charge in [-0.15, -0.1) is 0 Å². The van der Waals surface area contributed by atoms with Crippen LogP contribution in [0.15, 0.2) is 6.07 Å². The van der Waals surface area contributed by atoms with Crippen molar-refractivity contribution in [1.82, 2.24) is 24.5 Å². The molecule has 2 amide bonds. The molecule has 1 aromatic heterocycles. The van der Waals surface area contributed by atoms with Crippen LogP contribution in [0, 0.1) is 12.8 Å². The summed E-state index contributed by atoms with van der Waals surface area (Å²) in [6.07, 6.45) is 2.24. The summed E-state index contributed by atoms with van der Waals surface area (Å²) >= 11 is 0. The van der Waals surface area contributed by atoms with Crippen molar-refractivity contribution in [3.63, 3.8) is 0 Å². The molecule has 0 spiro atoms. The van der Waals surface area contributed by atoms with Gasteiger partial charge < -0.3 is 19.4 Å². The van der Waals surface area contributed by atoms with Crippen LogP contribution in [-0.4, -0.2) is 95.8 Å². The molecule has 1 aromatic rings. The predicted molar refractivity (Wildman–Crippen MR) is 101 cm³/mol. The van der Waals surface area contributed by atoms with E-state index in [0.717, 1.165) is 44.7 Å². The van der Waals surface area contributed by atoms with Crippen LogP contribution in [-0.2, 0) is 16.6 Å². The third-order valence-electron chi connectivity index (χ3n) is 5.73. The maximum atomic E-state index is 12.6. The lowest BCUT2D eigenvalue weighted by Gasteiger charge is -2.37. The normalized spacial score (nSPS) is 22.3. The summed E-state index contributed by atoms with van der Waals surface area (Å²) < 4.78 is 7.39. The number of morpholine rings is 1. The summed E-state index contributed by atoms with van der Waals surface area (Å²) in [5.74, 6) is 0.557. The number of hydrogen-bond donors (Lipinski definition) is 0. The van der Waals surface area contributed by atoms with Gasteiger partial charge in [0, 0.05) is 46.5 Å². The highest BCUT2D eigenvalue weighted by Gasteiger charge is 2.28. The zero-order valence-corrected chi connectivity index (χ0v) is 16.8. The van der Waals surface area contributed by atoms with Crippen LogP contribution in [0.4, 0.5) is 0 Å². The van der Waals surface area contributed by atoms with Gasteiger partial charge in [-0.05, 0) is 44.8 Å². The fraction of sp³-hybridized carbons (Fsp3) is 0.737. The topological polar surface area (TPSA) is 70.9 Å². The van der Waals surface area contributed by atoms with E-state index in [9.17, 15) is 9.59 Å². The van der Waals surface area contributed by atoms with Crippen LogP contribution in [0.1, 0.15) is 29.0 Å². The van der Waals surface area contributed by atoms with Crippen LogP contribution < -0.4 is 0 Å². The predicted octanol–water partition coefficient (Wildman–Crippen LogP) is 0.370. The number of hydrogen-bond acceptors (Lipinski definition) is 5. The number of aryl methyl sites for hydroxylation is 2. The summed E-state index contributed by atoms with van der Waals surface area (Å²) in [7, 11) is 5.55. The van der Waals surface area contributed by atoms with Gasteiger partial charge in [0.2, 0.25) is 5.91 Å². The summed E-state index contributed by atoms with van der Waals surface area (Å²) in [5.41, 5.74) is 1.50. The number of likely N-dealkylation sites (N-methyl/N-ethyl adjacent to an activating group) is 1. The second kappa shape index (κ2) is 8.39. The number of rotatable bonds is 5. The first-order valence-corrected chi connectivity index (χ1v) is 9.67. The molecule has 3 rings (SSSR count). The van der Waals surface area contributed by atoms with E-state index in [-0.39, 0.29) is 24.5 Å². The highest BCUT2D eigenvalue weighted by atomic mass is 16.5. The third-order valence-corrected chi connectivity index (χ3v) is 5.73. The lowest BCUT2D eigenvalue weighted by atomic mass is 9.96. The molecule has 0 N–H and O–H groups in total. The molecule has 2 aliphatic heterocycles. The summed E-state index contributed by atoms with van der Waals surface area (Å²) in [5, 5.41) is 4.29. The second-order valence-corrected chi connectivity index (χ2v) is 7.93. The fourth-order valence-electron chi connectivity index (χ4n) is 3.84. The average Bonchev–Trinajstić information content (AvgIpc) is 2.98. The minimum absolute atomic E-state index is 0.00978. The van der Waals surface area contributed by atoms with Gasteiger partial charge in [-0.3, -0.25) is 14.3 Å². The number of piperidine rings is 1. The summed E-state index contributed by atoms with van der Waals surface area (Å²) in [6.45, 7) is 6.45. The number of carbonyl (C=O) groups is 2. The van der Waals surface area contributed by atoms with E-state index in [0.29, 0.717) is 18.2 Å². The number of nitrogens with zero attached hydrogens (tertiary/aromatic N) is 5. The Morgan fingerprint density at radius 2 is 2.04 bits per heavy atom. The molecule has 27 heavy (non-hydrogen) atoms. The highest BCUT2D eigenvalue weighted by molar-refractivity contribution is 5.92. The van der Waals surface area contributed by atoms with Gasteiger partial charge in [0.15, 0.2) is 5.69 Å². The molecule has 8 nitrogen and oxygen atoms in total. The molecule has 2 aliphatic rings. The first-order valence-electron chi connectivity index (χ1n) is 9.67. The molecule has 0 bridgehead atoms. The Kier molecular flexibility index (Phi) is 6.16. The largest absolute Gasteiger partial charge is 0.365 e. The van der Waals surface area contributed by atoms with E-state index in [1.54, 1.807) is 14.5 Å². The molecular formula is C19H31N5O3. The monoisotopic (exact) mass is 377 g/mol. The van der Waals surface area contributed by atoms with E-state index < -0.39 is 0 Å². The first kappa shape index (κ1) is 19.8. The molecule has 0 radical (unpaired) electrons. The zero-order valence-electron chi connectivity index (χ0n) is 16.8. The minimum atomic E-state index is -0.00978. The van der Waals surface area contributed by atoms with Crippen LogP contribution in [0.3, 0.4) is 0 Å². The van der Waals surface area contributed by atoms with E-state index in [1.807, 2.05) is 34.1 Å². The number of carbonyl (C=O) groups excluding carboxylic acids is 2.